The summed E-state index contributed by atoms with van der Waals surface area (Å²) in [6, 6.07) is 16.2. The number of amides is 3. The van der Waals surface area contributed by atoms with E-state index in [1.54, 1.807) is 36.4 Å². The number of alkyl carbamates (subject to hydrolysis) is 1. The molecule has 9 nitrogen and oxygen atoms in total. The van der Waals surface area contributed by atoms with Gasteiger partial charge in [0.15, 0.2) is 0 Å². The van der Waals surface area contributed by atoms with E-state index in [2.05, 4.69) is 5.32 Å². The maximum absolute atomic E-state index is 13.2. The molecule has 2 heterocycles. The van der Waals surface area contributed by atoms with Crippen LogP contribution in [0.1, 0.15) is 24.0 Å². The summed E-state index contributed by atoms with van der Waals surface area (Å²) >= 11 is 0. The van der Waals surface area contributed by atoms with Crippen molar-refractivity contribution in [2.75, 3.05) is 18.8 Å². The number of benzene rings is 2. The predicted molar refractivity (Wildman–Crippen MR) is 124 cm³/mol. The van der Waals surface area contributed by atoms with E-state index in [-0.39, 0.29) is 25.5 Å². The number of piperazine rings is 1. The van der Waals surface area contributed by atoms with Crippen LogP contribution in [0, 0.1) is 0 Å². The number of carbonyl (C=O) groups is 3. The number of rotatable bonds is 8. The van der Waals surface area contributed by atoms with Crippen LogP contribution in [0.5, 0.6) is 0 Å². The van der Waals surface area contributed by atoms with Gasteiger partial charge < -0.3 is 15.0 Å². The van der Waals surface area contributed by atoms with Crippen LogP contribution in [-0.2, 0) is 37.4 Å². The molecule has 2 aliphatic rings. The molecule has 10 heteroatoms. The maximum Gasteiger partial charge on any atom is 0.407 e. The highest BCUT2D eigenvalue weighted by Gasteiger charge is 2.51. The molecule has 1 N–H and O–H groups in total. The van der Waals surface area contributed by atoms with E-state index >= 15 is 0 Å². The van der Waals surface area contributed by atoms with E-state index in [0.29, 0.717) is 19.4 Å². The number of nitrogens with zero attached hydrogens (tertiary/aromatic N) is 2. The highest BCUT2D eigenvalue weighted by Crippen LogP contribution is 2.30. The van der Waals surface area contributed by atoms with E-state index in [9.17, 15) is 22.8 Å². The predicted octanol–water partition coefficient (Wildman–Crippen LogP) is 1.69. The first-order chi connectivity index (χ1) is 16.4. The molecule has 2 aromatic rings. The lowest BCUT2D eigenvalue weighted by Gasteiger charge is -2.41. The van der Waals surface area contributed by atoms with Crippen molar-refractivity contribution in [3.8, 4) is 0 Å². The third kappa shape index (κ3) is 5.22. The molecule has 4 rings (SSSR count). The van der Waals surface area contributed by atoms with Crippen LogP contribution in [0.3, 0.4) is 0 Å². The zero-order chi connectivity index (χ0) is 24.1. The summed E-state index contributed by atoms with van der Waals surface area (Å²) in [4.78, 5) is 39.9. The zero-order valence-electron chi connectivity index (χ0n) is 18.6. The third-order valence-corrected chi connectivity index (χ3v) is 7.77. The molecular formula is C24H27N3O6S. The fourth-order valence-electron chi connectivity index (χ4n) is 4.37. The first-order valence-electron chi connectivity index (χ1n) is 11.2. The monoisotopic (exact) mass is 485 g/mol. The Morgan fingerprint density at radius 2 is 1.62 bits per heavy atom. The minimum atomic E-state index is -4.17. The molecule has 0 saturated carbocycles. The van der Waals surface area contributed by atoms with Gasteiger partial charge in [0.2, 0.25) is 15.9 Å². The van der Waals surface area contributed by atoms with Crippen LogP contribution in [0.4, 0.5) is 4.79 Å². The van der Waals surface area contributed by atoms with Crippen molar-refractivity contribution in [3.63, 3.8) is 0 Å². The van der Waals surface area contributed by atoms with Crippen LogP contribution in [-0.4, -0.2) is 66.5 Å². The molecule has 2 atom stereocenters. The van der Waals surface area contributed by atoms with Gasteiger partial charge in [-0.25, -0.2) is 17.5 Å². The molecule has 0 radical (unpaired) electrons. The normalized spacial score (nSPS) is 20.2. The number of fused-ring (bicyclic) bond motifs is 1. The minimum Gasteiger partial charge on any atom is -0.445 e. The highest BCUT2D eigenvalue weighted by molar-refractivity contribution is 7.89. The Kier molecular flexibility index (Phi) is 7.16. The standard InChI is InChI=1S/C24H27N3O6S/c28-22-21(16-18-8-3-1-4-9-18)27(23(29)20-12-7-14-26(20)22)34(31,32)15-13-25-24(30)33-17-19-10-5-2-6-11-19/h1-6,8-11,20-21H,7,12-17H2,(H,25,30)/t20-,21-/m1/s1. The summed E-state index contributed by atoms with van der Waals surface area (Å²) in [5, 5.41) is 2.41. The molecule has 3 amide bonds. The topological polar surface area (TPSA) is 113 Å². The van der Waals surface area contributed by atoms with Gasteiger partial charge in [-0.1, -0.05) is 60.7 Å². The van der Waals surface area contributed by atoms with E-state index in [0.717, 1.165) is 15.4 Å². The van der Waals surface area contributed by atoms with Crippen LogP contribution in [0.25, 0.3) is 0 Å². The molecule has 0 bridgehead atoms. The fraction of sp³-hybridized carbons (Fsp3) is 0.375. The largest absolute Gasteiger partial charge is 0.445 e. The Hall–Kier alpha value is -3.40. The number of hydrogen-bond donors (Lipinski definition) is 1. The molecule has 0 unspecified atom stereocenters. The van der Waals surface area contributed by atoms with Gasteiger partial charge in [0.05, 0.1) is 5.75 Å². The maximum atomic E-state index is 13.2. The lowest BCUT2D eigenvalue weighted by atomic mass is 10.0. The number of ether oxygens (including phenoxy) is 1. The second-order valence-electron chi connectivity index (χ2n) is 8.33. The van der Waals surface area contributed by atoms with Crippen molar-refractivity contribution < 1.29 is 27.5 Å². The molecule has 180 valence electrons. The zero-order valence-corrected chi connectivity index (χ0v) is 19.4. The Balaban J connectivity index is 1.43. The van der Waals surface area contributed by atoms with Crippen molar-refractivity contribution in [1.82, 2.24) is 14.5 Å². The molecule has 2 fully saturated rings. The summed E-state index contributed by atoms with van der Waals surface area (Å²) in [6.07, 6.45) is 0.435. The van der Waals surface area contributed by atoms with Crippen LogP contribution >= 0.6 is 0 Å². The first-order valence-corrected chi connectivity index (χ1v) is 12.8. The number of carbonyl (C=O) groups excluding carboxylic acids is 3. The van der Waals surface area contributed by atoms with Crippen LogP contribution < -0.4 is 5.32 Å². The van der Waals surface area contributed by atoms with Crippen molar-refractivity contribution in [2.24, 2.45) is 0 Å². The van der Waals surface area contributed by atoms with Gasteiger partial charge >= 0.3 is 6.09 Å². The van der Waals surface area contributed by atoms with Gasteiger partial charge in [0.25, 0.3) is 5.91 Å². The van der Waals surface area contributed by atoms with E-state index < -0.39 is 39.9 Å². The van der Waals surface area contributed by atoms with Gasteiger partial charge in [0, 0.05) is 19.5 Å². The quantitative estimate of drug-likeness (QED) is 0.609. The molecule has 34 heavy (non-hydrogen) atoms. The Bertz CT molecular complexity index is 1140. The van der Waals surface area contributed by atoms with Gasteiger partial charge in [-0.15, -0.1) is 0 Å². The molecule has 0 aliphatic carbocycles. The summed E-state index contributed by atoms with van der Waals surface area (Å²) in [7, 11) is -4.17. The number of sulfonamides is 1. The Morgan fingerprint density at radius 1 is 0.971 bits per heavy atom. The Labute approximate surface area is 198 Å². The Morgan fingerprint density at radius 3 is 2.29 bits per heavy atom. The van der Waals surface area contributed by atoms with Gasteiger partial charge in [-0.2, -0.15) is 0 Å². The van der Waals surface area contributed by atoms with E-state index in [4.69, 9.17) is 4.74 Å². The van der Waals surface area contributed by atoms with Crippen LogP contribution in [0.2, 0.25) is 0 Å². The first kappa shape index (κ1) is 23.7. The average Bonchev–Trinajstić information content (AvgIpc) is 3.33. The third-order valence-electron chi connectivity index (χ3n) is 6.02. The summed E-state index contributed by atoms with van der Waals surface area (Å²) in [6.45, 7) is 0.249. The summed E-state index contributed by atoms with van der Waals surface area (Å²) < 4.78 is 32.3. The molecule has 2 aliphatic heterocycles. The van der Waals surface area contributed by atoms with Gasteiger partial charge in [-0.05, 0) is 24.0 Å². The second kappa shape index (κ2) is 10.3. The lowest BCUT2D eigenvalue weighted by molar-refractivity contribution is -0.153. The second-order valence-corrected chi connectivity index (χ2v) is 10.3. The molecule has 0 aromatic heterocycles. The molecule has 2 aromatic carbocycles. The summed E-state index contributed by atoms with van der Waals surface area (Å²) in [5.41, 5.74) is 1.56. The lowest BCUT2D eigenvalue weighted by Crippen LogP contribution is -2.65. The van der Waals surface area contributed by atoms with Crippen molar-refractivity contribution >= 4 is 27.9 Å². The van der Waals surface area contributed by atoms with Gasteiger partial charge in [-0.3, -0.25) is 9.59 Å². The summed E-state index contributed by atoms with van der Waals surface area (Å²) in [5.74, 6) is -1.46. The van der Waals surface area contributed by atoms with Crippen molar-refractivity contribution in [1.29, 1.82) is 0 Å². The van der Waals surface area contributed by atoms with Crippen LogP contribution in [0.15, 0.2) is 60.7 Å². The van der Waals surface area contributed by atoms with E-state index in [1.807, 2.05) is 24.3 Å². The average molecular weight is 486 g/mol. The molecule has 2 saturated heterocycles. The van der Waals surface area contributed by atoms with Gasteiger partial charge in [0.1, 0.15) is 18.7 Å². The minimum absolute atomic E-state index is 0.0508. The SMILES string of the molecule is O=C(NCCS(=O)(=O)N1C(=O)[C@H]2CCCN2C(=O)[C@H]1Cc1ccccc1)OCc1ccccc1. The van der Waals surface area contributed by atoms with E-state index in [1.165, 1.54) is 4.90 Å². The fourth-order valence-corrected chi connectivity index (χ4v) is 5.88. The van der Waals surface area contributed by atoms with Crippen molar-refractivity contribution in [2.45, 2.75) is 38.0 Å². The number of hydrogen-bond acceptors (Lipinski definition) is 6. The highest BCUT2D eigenvalue weighted by atomic mass is 32.2. The van der Waals surface area contributed by atoms with Crippen molar-refractivity contribution in [3.05, 3.63) is 71.8 Å². The smallest absolute Gasteiger partial charge is 0.407 e. The molecule has 0 spiro atoms. The molecular weight excluding hydrogens is 458 g/mol. The number of nitrogens with one attached hydrogen (secondary N) is 1.